The second kappa shape index (κ2) is 5.71. The molecule has 19 heavy (non-hydrogen) atoms. The second-order valence-corrected chi connectivity index (χ2v) is 4.17. The molecule has 0 saturated heterocycles. The molecule has 0 spiro atoms. The van der Waals surface area contributed by atoms with E-state index in [0.29, 0.717) is 5.56 Å². The molecule has 0 saturated carbocycles. The van der Waals surface area contributed by atoms with Crippen molar-refractivity contribution in [1.82, 2.24) is 4.57 Å². The van der Waals surface area contributed by atoms with Crippen molar-refractivity contribution in [3.63, 3.8) is 0 Å². The van der Waals surface area contributed by atoms with Crippen molar-refractivity contribution >= 4 is 18.3 Å². The van der Waals surface area contributed by atoms with Crippen molar-refractivity contribution in [3.05, 3.63) is 58.0 Å². The van der Waals surface area contributed by atoms with Gasteiger partial charge in [0.25, 0.3) is 5.91 Å². The first-order chi connectivity index (χ1) is 8.52. The highest BCUT2D eigenvalue weighted by Crippen LogP contribution is 2.19. The van der Waals surface area contributed by atoms with E-state index in [9.17, 15) is 9.59 Å². The number of benzene rings is 1. The fourth-order valence-electron chi connectivity index (χ4n) is 1.94. The maximum Gasteiger partial charge on any atom is 0.254 e. The summed E-state index contributed by atoms with van der Waals surface area (Å²) in [5.74, 6) is -0.701. The summed E-state index contributed by atoms with van der Waals surface area (Å²) in [4.78, 5) is 23.5. The Morgan fingerprint density at radius 3 is 2.32 bits per heavy atom. The molecule has 1 aromatic carbocycles. The number of hydrogen-bond donors (Lipinski definition) is 1. The Hall–Kier alpha value is -2.07. The van der Waals surface area contributed by atoms with Crippen molar-refractivity contribution in [2.45, 2.75) is 6.92 Å². The molecule has 0 atom stereocenters. The zero-order valence-electron chi connectivity index (χ0n) is 10.7. The normalized spacial score (nSPS) is 9.79. The van der Waals surface area contributed by atoms with Crippen LogP contribution in [0.25, 0.3) is 11.1 Å². The van der Waals surface area contributed by atoms with Crippen LogP contribution in [0, 0.1) is 6.92 Å². The minimum atomic E-state index is -0.701. The number of carbonyl (C=O) groups is 1. The minimum absolute atomic E-state index is 0. The number of pyridine rings is 1. The lowest BCUT2D eigenvalue weighted by Gasteiger charge is -2.12. The van der Waals surface area contributed by atoms with Crippen LogP contribution >= 0.6 is 12.4 Å². The molecule has 1 aromatic heterocycles. The van der Waals surface area contributed by atoms with Crippen molar-refractivity contribution in [1.29, 1.82) is 0 Å². The fourth-order valence-corrected chi connectivity index (χ4v) is 1.94. The SMILES string of the molecule is Cc1c(-c2ccccc2)c(=O)c(C(N)=O)cn1C.Cl. The number of aryl methyl sites for hydroxylation is 1. The molecule has 5 heteroatoms. The molecular weight excluding hydrogens is 264 g/mol. The molecule has 1 heterocycles. The first-order valence-electron chi connectivity index (χ1n) is 5.58. The van der Waals surface area contributed by atoms with Gasteiger partial charge < -0.3 is 10.3 Å². The van der Waals surface area contributed by atoms with Gasteiger partial charge in [0.2, 0.25) is 5.43 Å². The van der Waals surface area contributed by atoms with Crippen LogP contribution in [0.3, 0.4) is 0 Å². The maximum atomic E-state index is 12.3. The van der Waals surface area contributed by atoms with E-state index in [2.05, 4.69) is 0 Å². The van der Waals surface area contributed by atoms with Crippen molar-refractivity contribution in [2.24, 2.45) is 12.8 Å². The van der Waals surface area contributed by atoms with Crippen molar-refractivity contribution < 1.29 is 4.79 Å². The van der Waals surface area contributed by atoms with Crippen LogP contribution in [-0.4, -0.2) is 10.5 Å². The third-order valence-electron chi connectivity index (χ3n) is 3.01. The lowest BCUT2D eigenvalue weighted by Crippen LogP contribution is -2.25. The average Bonchev–Trinajstić information content (AvgIpc) is 2.35. The summed E-state index contributed by atoms with van der Waals surface area (Å²) < 4.78 is 1.74. The molecule has 2 N–H and O–H groups in total. The van der Waals surface area contributed by atoms with Gasteiger partial charge in [-0.05, 0) is 12.5 Å². The number of hydrogen-bond acceptors (Lipinski definition) is 2. The molecule has 0 aliphatic carbocycles. The second-order valence-electron chi connectivity index (χ2n) is 4.17. The number of primary amides is 1. The number of aromatic nitrogens is 1. The molecule has 2 rings (SSSR count). The Morgan fingerprint density at radius 1 is 1.21 bits per heavy atom. The summed E-state index contributed by atoms with van der Waals surface area (Å²) in [6.07, 6.45) is 1.48. The number of halogens is 1. The predicted molar refractivity (Wildman–Crippen MR) is 77.6 cm³/mol. The number of nitrogens with two attached hydrogens (primary N) is 1. The van der Waals surface area contributed by atoms with Crippen LogP contribution in [0.2, 0.25) is 0 Å². The van der Waals surface area contributed by atoms with Crippen LogP contribution in [0.5, 0.6) is 0 Å². The van der Waals surface area contributed by atoms with E-state index in [0.717, 1.165) is 11.3 Å². The molecule has 2 aromatic rings. The van der Waals surface area contributed by atoms with Crippen molar-refractivity contribution in [2.75, 3.05) is 0 Å². The largest absolute Gasteiger partial charge is 0.365 e. The summed E-state index contributed by atoms with van der Waals surface area (Å²) in [5, 5.41) is 0. The van der Waals surface area contributed by atoms with Gasteiger partial charge in [-0.25, -0.2) is 0 Å². The van der Waals surface area contributed by atoms with Gasteiger partial charge in [0.15, 0.2) is 0 Å². The van der Waals surface area contributed by atoms with E-state index in [4.69, 9.17) is 5.73 Å². The van der Waals surface area contributed by atoms with Gasteiger partial charge in [-0.2, -0.15) is 0 Å². The van der Waals surface area contributed by atoms with E-state index in [1.165, 1.54) is 6.20 Å². The van der Waals surface area contributed by atoms with Crippen LogP contribution in [0.1, 0.15) is 16.1 Å². The molecule has 0 bridgehead atoms. The third kappa shape index (κ3) is 2.69. The number of nitrogens with zero attached hydrogens (tertiary/aromatic N) is 1. The minimum Gasteiger partial charge on any atom is -0.365 e. The summed E-state index contributed by atoms with van der Waals surface area (Å²) in [6, 6.07) is 9.26. The third-order valence-corrected chi connectivity index (χ3v) is 3.01. The van der Waals surface area contributed by atoms with Gasteiger partial charge in [-0.3, -0.25) is 9.59 Å². The lowest BCUT2D eigenvalue weighted by molar-refractivity contribution is 0.0998. The highest BCUT2D eigenvalue weighted by atomic mass is 35.5. The van der Waals surface area contributed by atoms with Crippen LogP contribution in [0.15, 0.2) is 41.3 Å². The fraction of sp³-hybridized carbons (Fsp3) is 0.143. The van der Waals surface area contributed by atoms with Gasteiger partial charge in [0, 0.05) is 24.5 Å². The van der Waals surface area contributed by atoms with Crippen LogP contribution in [-0.2, 0) is 7.05 Å². The first kappa shape index (κ1) is 15.0. The molecule has 1 amide bonds. The summed E-state index contributed by atoms with van der Waals surface area (Å²) in [6.45, 7) is 1.84. The molecule has 4 nitrogen and oxygen atoms in total. The summed E-state index contributed by atoms with van der Waals surface area (Å²) in [7, 11) is 1.79. The highest BCUT2D eigenvalue weighted by Gasteiger charge is 2.15. The number of rotatable bonds is 2. The molecule has 100 valence electrons. The monoisotopic (exact) mass is 278 g/mol. The van der Waals surface area contributed by atoms with E-state index < -0.39 is 5.91 Å². The lowest BCUT2D eigenvalue weighted by atomic mass is 10.0. The Kier molecular flexibility index (Phi) is 4.51. The van der Waals surface area contributed by atoms with Crippen molar-refractivity contribution in [3.8, 4) is 11.1 Å². The average molecular weight is 279 g/mol. The van der Waals surface area contributed by atoms with E-state index >= 15 is 0 Å². The molecule has 0 radical (unpaired) electrons. The van der Waals surface area contributed by atoms with E-state index in [-0.39, 0.29) is 23.4 Å². The Bertz CT molecular complexity index is 663. The maximum absolute atomic E-state index is 12.3. The number of amides is 1. The number of carbonyl (C=O) groups excluding carboxylic acids is 1. The van der Waals surface area contributed by atoms with Gasteiger partial charge in [-0.15, -0.1) is 12.4 Å². The summed E-state index contributed by atoms with van der Waals surface area (Å²) in [5.41, 5.74) is 7.04. The predicted octanol–water partition coefficient (Wildman–Crippen LogP) is 1.88. The molecule has 0 fully saturated rings. The standard InChI is InChI=1S/C14H14N2O2.ClH/c1-9-12(10-6-4-3-5-7-10)13(17)11(14(15)18)8-16(9)2;/h3-8H,1-2H3,(H2,15,18);1H. The van der Waals surface area contributed by atoms with Gasteiger partial charge >= 0.3 is 0 Å². The highest BCUT2D eigenvalue weighted by molar-refractivity contribution is 5.93. The van der Waals surface area contributed by atoms with E-state index in [1.807, 2.05) is 37.3 Å². The van der Waals surface area contributed by atoms with E-state index in [1.54, 1.807) is 11.6 Å². The quantitative estimate of drug-likeness (QED) is 0.911. The van der Waals surface area contributed by atoms with Gasteiger partial charge in [-0.1, -0.05) is 30.3 Å². The van der Waals surface area contributed by atoms with Gasteiger partial charge in [0.05, 0.1) is 0 Å². The topological polar surface area (TPSA) is 65.1 Å². The molecule has 0 aliphatic rings. The van der Waals surface area contributed by atoms with Crippen LogP contribution in [0.4, 0.5) is 0 Å². The molecule has 0 unspecified atom stereocenters. The van der Waals surface area contributed by atoms with Gasteiger partial charge in [0.1, 0.15) is 5.56 Å². The zero-order valence-corrected chi connectivity index (χ0v) is 11.5. The Labute approximate surface area is 117 Å². The zero-order chi connectivity index (χ0) is 13.3. The molecular formula is C14H15ClN2O2. The van der Waals surface area contributed by atoms with Crippen LogP contribution < -0.4 is 11.2 Å². The Balaban J connectivity index is 0.00000180. The smallest absolute Gasteiger partial charge is 0.254 e. The Morgan fingerprint density at radius 2 is 1.79 bits per heavy atom. The summed E-state index contributed by atoms with van der Waals surface area (Å²) >= 11 is 0. The first-order valence-corrected chi connectivity index (χ1v) is 5.58. The molecule has 0 aliphatic heterocycles.